The molecule has 1 aromatic rings. The van der Waals surface area contributed by atoms with Crippen LogP contribution in [0.5, 0.6) is 0 Å². The van der Waals surface area contributed by atoms with E-state index >= 15 is 0 Å². The van der Waals surface area contributed by atoms with E-state index in [1.807, 2.05) is 6.92 Å². The Morgan fingerprint density at radius 3 is 2.86 bits per heavy atom. The van der Waals surface area contributed by atoms with E-state index in [1.165, 1.54) is 12.1 Å². The molecule has 6 heteroatoms. The zero-order chi connectivity index (χ0) is 15.4. The standard InChI is InChI=1S/C15H18FNO4/c1-2-11-8-10(5-6-21-11)17-14(18)12-4-3-9(15(19)20)7-13(12)16/h3-4,7,10-11H,2,5-6,8H2,1H3,(H,17,18)(H,19,20). The lowest BCUT2D eigenvalue weighted by molar-refractivity contribution is 0.000594. The number of ether oxygens (including phenoxy) is 1. The summed E-state index contributed by atoms with van der Waals surface area (Å²) in [5.74, 6) is -2.58. The number of hydrogen-bond donors (Lipinski definition) is 2. The zero-order valence-corrected chi connectivity index (χ0v) is 11.8. The van der Waals surface area contributed by atoms with Crippen LogP contribution in [0.15, 0.2) is 18.2 Å². The smallest absolute Gasteiger partial charge is 0.335 e. The van der Waals surface area contributed by atoms with Crippen LogP contribution in [-0.4, -0.2) is 35.7 Å². The van der Waals surface area contributed by atoms with Gasteiger partial charge in [-0.2, -0.15) is 0 Å². The minimum atomic E-state index is -1.23. The third-order valence-corrected chi connectivity index (χ3v) is 3.62. The monoisotopic (exact) mass is 295 g/mol. The largest absolute Gasteiger partial charge is 0.478 e. The summed E-state index contributed by atoms with van der Waals surface area (Å²) < 4.78 is 19.3. The molecule has 2 N–H and O–H groups in total. The van der Waals surface area contributed by atoms with Gasteiger partial charge in [0, 0.05) is 12.6 Å². The summed E-state index contributed by atoms with van der Waals surface area (Å²) in [5, 5.41) is 11.6. The van der Waals surface area contributed by atoms with Crippen molar-refractivity contribution in [3.63, 3.8) is 0 Å². The van der Waals surface area contributed by atoms with Crippen molar-refractivity contribution >= 4 is 11.9 Å². The van der Waals surface area contributed by atoms with Crippen molar-refractivity contribution in [1.29, 1.82) is 0 Å². The van der Waals surface area contributed by atoms with Gasteiger partial charge < -0.3 is 15.2 Å². The molecule has 1 aliphatic rings. The van der Waals surface area contributed by atoms with Crippen molar-refractivity contribution in [2.24, 2.45) is 0 Å². The lowest BCUT2D eigenvalue weighted by Crippen LogP contribution is -2.42. The normalized spacial score (nSPS) is 21.8. The molecule has 0 radical (unpaired) electrons. The number of hydrogen-bond acceptors (Lipinski definition) is 3. The van der Waals surface area contributed by atoms with Crippen LogP contribution < -0.4 is 5.32 Å². The van der Waals surface area contributed by atoms with Gasteiger partial charge in [0.1, 0.15) is 5.82 Å². The first-order valence-electron chi connectivity index (χ1n) is 6.96. The van der Waals surface area contributed by atoms with Crippen molar-refractivity contribution in [2.75, 3.05) is 6.61 Å². The van der Waals surface area contributed by atoms with E-state index in [-0.39, 0.29) is 23.3 Å². The lowest BCUT2D eigenvalue weighted by atomic mass is 10.0. The van der Waals surface area contributed by atoms with Crippen LogP contribution in [0.25, 0.3) is 0 Å². The van der Waals surface area contributed by atoms with Crippen LogP contribution in [0.1, 0.15) is 46.9 Å². The number of amides is 1. The average molecular weight is 295 g/mol. The molecule has 21 heavy (non-hydrogen) atoms. The van der Waals surface area contributed by atoms with Gasteiger partial charge in [-0.25, -0.2) is 9.18 Å². The first-order chi connectivity index (χ1) is 10.0. The highest BCUT2D eigenvalue weighted by atomic mass is 19.1. The summed E-state index contributed by atoms with van der Waals surface area (Å²) in [7, 11) is 0. The lowest BCUT2D eigenvalue weighted by Gasteiger charge is -2.29. The van der Waals surface area contributed by atoms with Gasteiger partial charge in [0.2, 0.25) is 0 Å². The summed E-state index contributed by atoms with van der Waals surface area (Å²) in [6.07, 6.45) is 2.38. The predicted molar refractivity (Wildman–Crippen MR) is 73.9 cm³/mol. The molecule has 114 valence electrons. The SMILES string of the molecule is CCC1CC(NC(=O)c2ccc(C(=O)O)cc2F)CCO1. The van der Waals surface area contributed by atoms with E-state index in [9.17, 15) is 14.0 Å². The number of carbonyl (C=O) groups is 2. The molecule has 0 bridgehead atoms. The average Bonchev–Trinajstić information content (AvgIpc) is 2.47. The maximum Gasteiger partial charge on any atom is 0.335 e. The Bertz CT molecular complexity index is 546. The Balaban J connectivity index is 2.05. The Morgan fingerprint density at radius 2 is 2.24 bits per heavy atom. The highest BCUT2D eigenvalue weighted by molar-refractivity contribution is 5.96. The molecule has 1 aliphatic heterocycles. The number of halogens is 1. The molecule has 0 saturated carbocycles. The molecule has 0 aromatic heterocycles. The first-order valence-corrected chi connectivity index (χ1v) is 6.96. The molecule has 2 unspecified atom stereocenters. The second-order valence-electron chi connectivity index (χ2n) is 5.10. The third-order valence-electron chi connectivity index (χ3n) is 3.62. The van der Waals surface area contributed by atoms with E-state index in [4.69, 9.17) is 9.84 Å². The highest BCUT2D eigenvalue weighted by Crippen LogP contribution is 2.17. The maximum atomic E-state index is 13.8. The predicted octanol–water partition coefficient (Wildman–Crippen LogP) is 2.21. The van der Waals surface area contributed by atoms with Gasteiger partial charge in [-0.05, 0) is 37.5 Å². The van der Waals surface area contributed by atoms with Crippen LogP contribution in [0.3, 0.4) is 0 Å². The van der Waals surface area contributed by atoms with Gasteiger partial charge in [-0.3, -0.25) is 4.79 Å². The Hall–Kier alpha value is -1.95. The Labute approximate surface area is 122 Å². The fourth-order valence-corrected chi connectivity index (χ4v) is 2.39. The van der Waals surface area contributed by atoms with Crippen LogP contribution in [-0.2, 0) is 4.74 Å². The number of rotatable bonds is 4. The third kappa shape index (κ3) is 3.78. The molecule has 0 aliphatic carbocycles. The molecule has 2 atom stereocenters. The molecule has 0 spiro atoms. The number of carboxylic acids is 1. The second-order valence-corrected chi connectivity index (χ2v) is 5.10. The summed E-state index contributed by atoms with van der Waals surface area (Å²) in [6, 6.07) is 3.23. The van der Waals surface area contributed by atoms with Crippen LogP contribution in [0.2, 0.25) is 0 Å². The maximum absolute atomic E-state index is 13.8. The quantitative estimate of drug-likeness (QED) is 0.893. The van der Waals surface area contributed by atoms with Gasteiger partial charge in [0.15, 0.2) is 0 Å². The number of nitrogens with one attached hydrogen (secondary N) is 1. The van der Waals surface area contributed by atoms with E-state index in [1.54, 1.807) is 0 Å². The Kier molecular flexibility index (Phi) is 4.90. The second kappa shape index (κ2) is 6.67. The number of benzene rings is 1. The van der Waals surface area contributed by atoms with E-state index < -0.39 is 17.7 Å². The Morgan fingerprint density at radius 1 is 1.48 bits per heavy atom. The van der Waals surface area contributed by atoms with Gasteiger partial charge >= 0.3 is 5.97 Å². The summed E-state index contributed by atoms with van der Waals surface area (Å²) in [6.45, 7) is 2.59. The zero-order valence-electron chi connectivity index (χ0n) is 11.8. The van der Waals surface area contributed by atoms with Crippen LogP contribution >= 0.6 is 0 Å². The molecule has 1 aromatic carbocycles. The molecule has 1 amide bonds. The number of carbonyl (C=O) groups excluding carboxylic acids is 1. The summed E-state index contributed by atoms with van der Waals surface area (Å²) in [5.41, 5.74) is -0.319. The van der Waals surface area contributed by atoms with Crippen LogP contribution in [0.4, 0.5) is 4.39 Å². The fraction of sp³-hybridized carbons (Fsp3) is 0.467. The van der Waals surface area contributed by atoms with Crippen molar-refractivity contribution in [2.45, 2.75) is 38.3 Å². The van der Waals surface area contributed by atoms with Crippen molar-refractivity contribution in [3.05, 3.63) is 35.1 Å². The molecular weight excluding hydrogens is 277 g/mol. The van der Waals surface area contributed by atoms with E-state index in [0.29, 0.717) is 19.4 Å². The van der Waals surface area contributed by atoms with Crippen molar-refractivity contribution in [1.82, 2.24) is 5.32 Å². The molecule has 5 nitrogen and oxygen atoms in total. The molecule has 1 saturated heterocycles. The van der Waals surface area contributed by atoms with Gasteiger partial charge in [0.25, 0.3) is 5.91 Å². The minimum absolute atomic E-state index is 0.0465. The van der Waals surface area contributed by atoms with Gasteiger partial charge in [-0.1, -0.05) is 6.92 Å². The van der Waals surface area contributed by atoms with Crippen molar-refractivity contribution < 1.29 is 23.8 Å². The van der Waals surface area contributed by atoms with Gasteiger partial charge in [0.05, 0.1) is 17.2 Å². The topological polar surface area (TPSA) is 75.6 Å². The molecule has 2 rings (SSSR count). The van der Waals surface area contributed by atoms with Crippen LogP contribution in [0, 0.1) is 5.82 Å². The number of aromatic carboxylic acids is 1. The van der Waals surface area contributed by atoms with E-state index in [0.717, 1.165) is 12.5 Å². The molecule has 1 fully saturated rings. The van der Waals surface area contributed by atoms with Crippen molar-refractivity contribution in [3.8, 4) is 0 Å². The fourth-order valence-electron chi connectivity index (χ4n) is 2.39. The summed E-state index contributed by atoms with van der Waals surface area (Å²) in [4.78, 5) is 22.8. The van der Waals surface area contributed by atoms with Gasteiger partial charge in [-0.15, -0.1) is 0 Å². The molecule has 1 heterocycles. The summed E-state index contributed by atoms with van der Waals surface area (Å²) >= 11 is 0. The molecular formula is C15H18FNO4. The highest BCUT2D eigenvalue weighted by Gasteiger charge is 2.24. The van der Waals surface area contributed by atoms with E-state index in [2.05, 4.69) is 5.32 Å². The number of carboxylic acid groups (broad SMARTS) is 1. The minimum Gasteiger partial charge on any atom is -0.478 e. The first kappa shape index (κ1) is 15.4.